The second-order valence-electron chi connectivity index (χ2n) is 20.5. The van der Waals surface area contributed by atoms with Gasteiger partial charge in [0.15, 0.2) is 12.4 Å². The molecule has 0 aromatic rings. The van der Waals surface area contributed by atoms with Crippen molar-refractivity contribution in [2.24, 2.45) is 0 Å². The molecule has 426 valence electrons. The fraction of sp³-hybridized carbons (Fsp3) is 0.652. The Morgan fingerprint density at radius 2 is 0.760 bits per heavy atom. The minimum absolute atomic E-state index is 0.0560. The summed E-state index contributed by atoms with van der Waals surface area (Å²) in [4.78, 5) is 37.2. The smallest absolute Gasteiger partial charge is 0.309 e. The molecule has 2 atom stereocenters. The van der Waals surface area contributed by atoms with Crippen molar-refractivity contribution in [1.29, 1.82) is 0 Å². The number of allylic oxidation sites excluding steroid dienone is 19. The molecule has 0 fully saturated rings. The Morgan fingerprint density at radius 3 is 1.13 bits per heavy atom. The number of unbranched alkanes of at least 4 members (excludes halogenated alkanes) is 19. The molecule has 0 aromatic carbocycles. The number of ether oxygens (including phenoxy) is 4. The summed E-state index contributed by atoms with van der Waals surface area (Å²) in [6, 6.07) is 0. The molecule has 0 aliphatic carbocycles. The van der Waals surface area contributed by atoms with Gasteiger partial charge in [0.05, 0.1) is 46.7 Å². The molecule has 9 nitrogen and oxygen atoms in total. The Kier molecular flexibility index (Phi) is 52.7. The van der Waals surface area contributed by atoms with Crippen LogP contribution in [0.5, 0.6) is 0 Å². The summed E-state index contributed by atoms with van der Waals surface area (Å²) in [5.41, 5.74) is 0. The van der Waals surface area contributed by atoms with E-state index in [1.54, 1.807) is 6.08 Å². The number of quaternary nitrogens is 1. The molecule has 0 saturated carbocycles. The molecule has 0 heterocycles. The van der Waals surface area contributed by atoms with Crippen molar-refractivity contribution in [2.75, 3.05) is 47.5 Å². The molecule has 0 rings (SSSR count). The summed E-state index contributed by atoms with van der Waals surface area (Å²) >= 11 is 0. The molecule has 9 heteroatoms. The lowest BCUT2D eigenvalue weighted by atomic mass is 10.0. The van der Waals surface area contributed by atoms with Gasteiger partial charge in [0.2, 0.25) is 0 Å². The zero-order chi connectivity index (χ0) is 54.8. The van der Waals surface area contributed by atoms with Gasteiger partial charge >= 0.3 is 11.9 Å². The maximum absolute atomic E-state index is 12.9. The van der Waals surface area contributed by atoms with Crippen LogP contribution in [-0.4, -0.2) is 82.3 Å². The van der Waals surface area contributed by atoms with Crippen LogP contribution < -0.4 is 5.11 Å². The molecular weight excluding hydrogens is 935 g/mol. The van der Waals surface area contributed by atoms with Gasteiger partial charge in [0.1, 0.15) is 13.2 Å². The number of hydrogen-bond donors (Lipinski definition) is 0. The second kappa shape index (κ2) is 55.9. The van der Waals surface area contributed by atoms with Gasteiger partial charge in [-0.1, -0.05) is 245 Å². The van der Waals surface area contributed by atoms with Gasteiger partial charge in [0.25, 0.3) is 0 Å². The first-order valence-corrected chi connectivity index (χ1v) is 29.7. The van der Waals surface area contributed by atoms with Gasteiger partial charge < -0.3 is 33.3 Å². The lowest BCUT2D eigenvalue weighted by Crippen LogP contribution is -2.44. The number of carbonyl (C=O) groups excluding carboxylic acids is 3. The molecule has 0 amide bonds. The van der Waals surface area contributed by atoms with Crippen LogP contribution in [-0.2, 0) is 33.3 Å². The van der Waals surface area contributed by atoms with Gasteiger partial charge in [-0.2, -0.15) is 0 Å². The molecule has 75 heavy (non-hydrogen) atoms. The van der Waals surface area contributed by atoms with Crippen LogP contribution in [0.25, 0.3) is 0 Å². The van der Waals surface area contributed by atoms with E-state index in [-0.39, 0.29) is 32.7 Å². The van der Waals surface area contributed by atoms with E-state index in [2.05, 4.69) is 117 Å². The number of nitrogens with zero attached hydrogens (tertiary/aromatic N) is 1. The summed E-state index contributed by atoms with van der Waals surface area (Å²) in [5.74, 6) is -2.45. The highest BCUT2D eigenvalue weighted by Crippen LogP contribution is 2.16. The third-order valence-electron chi connectivity index (χ3n) is 12.2. The van der Waals surface area contributed by atoms with Crippen molar-refractivity contribution in [3.63, 3.8) is 0 Å². The number of rotatable bonds is 53. The Morgan fingerprint density at radius 1 is 0.413 bits per heavy atom. The second-order valence-corrected chi connectivity index (χ2v) is 20.5. The topological polar surface area (TPSA) is 111 Å². The largest absolute Gasteiger partial charge is 0.545 e. The molecule has 0 aliphatic heterocycles. The average molecular weight is 1040 g/mol. The summed E-state index contributed by atoms with van der Waals surface area (Å²) in [7, 11) is 5.89. The molecule has 0 aliphatic rings. The number of aliphatic carboxylic acids is 1. The van der Waals surface area contributed by atoms with E-state index < -0.39 is 30.3 Å². The van der Waals surface area contributed by atoms with E-state index in [1.165, 1.54) is 103 Å². The first-order chi connectivity index (χ1) is 36.6. The van der Waals surface area contributed by atoms with E-state index in [0.717, 1.165) is 77.0 Å². The minimum atomic E-state index is -1.65. The monoisotopic (exact) mass is 1040 g/mol. The Hall–Kier alpha value is -4.31. The lowest BCUT2D eigenvalue weighted by molar-refractivity contribution is -0.870. The molecule has 0 spiro atoms. The predicted molar refractivity (Wildman–Crippen MR) is 315 cm³/mol. The third-order valence-corrected chi connectivity index (χ3v) is 12.2. The molecule has 2 unspecified atom stereocenters. The first kappa shape index (κ1) is 70.7. The number of likely N-dealkylation sites (N-methyl/N-ethyl adjacent to an activating group) is 1. The summed E-state index contributed by atoms with van der Waals surface area (Å²) < 4.78 is 22.5. The van der Waals surface area contributed by atoms with Crippen molar-refractivity contribution >= 4 is 17.9 Å². The number of esters is 2. The van der Waals surface area contributed by atoms with Crippen LogP contribution in [0.4, 0.5) is 0 Å². The van der Waals surface area contributed by atoms with Gasteiger partial charge in [-0.25, -0.2) is 0 Å². The van der Waals surface area contributed by atoms with Crippen LogP contribution >= 0.6 is 0 Å². The lowest BCUT2D eigenvalue weighted by Gasteiger charge is -2.26. The normalized spacial score (nSPS) is 13.7. The Bertz CT molecular complexity index is 1640. The maximum atomic E-state index is 12.9. The van der Waals surface area contributed by atoms with Crippen molar-refractivity contribution in [2.45, 2.75) is 232 Å². The highest BCUT2D eigenvalue weighted by Gasteiger charge is 2.21. The SMILES string of the molecule is CC/C=C\C/C=C\C/C=C\C/C=C\C/C=C\CCCCCCCCCCCCCCCCCCCCCC(=O)OC(COC(=O)C/C=C\C/C=C\C/C=C\C/C=C\C/C=C\CC)COC(OCC[N+](C)(C)C)C(=O)[O-]. The molecule has 0 N–H and O–H groups in total. The third kappa shape index (κ3) is 57.2. The zero-order valence-corrected chi connectivity index (χ0v) is 48.4. The summed E-state index contributed by atoms with van der Waals surface area (Å²) in [6.07, 6.45) is 75.9. The summed E-state index contributed by atoms with van der Waals surface area (Å²) in [6.45, 7) is 4.40. The van der Waals surface area contributed by atoms with Gasteiger partial charge in [-0.15, -0.1) is 0 Å². The fourth-order valence-corrected chi connectivity index (χ4v) is 7.75. The Balaban J connectivity index is 4.15. The number of carboxylic acids is 1. The number of carbonyl (C=O) groups is 3. The number of carboxylic acid groups (broad SMARTS) is 1. The van der Waals surface area contributed by atoms with E-state index in [1.807, 2.05) is 33.3 Å². The summed E-state index contributed by atoms with van der Waals surface area (Å²) in [5, 5.41) is 11.8. The quantitative estimate of drug-likeness (QED) is 0.0195. The van der Waals surface area contributed by atoms with Gasteiger partial charge in [0, 0.05) is 6.42 Å². The van der Waals surface area contributed by atoms with Crippen molar-refractivity contribution in [3.05, 3.63) is 122 Å². The zero-order valence-electron chi connectivity index (χ0n) is 48.4. The Labute approximate surface area is 459 Å². The van der Waals surface area contributed by atoms with Crippen LogP contribution in [0.3, 0.4) is 0 Å². The number of hydrogen-bond acceptors (Lipinski definition) is 8. The van der Waals surface area contributed by atoms with Crippen molar-refractivity contribution in [1.82, 2.24) is 0 Å². The van der Waals surface area contributed by atoms with Crippen molar-refractivity contribution in [3.8, 4) is 0 Å². The van der Waals surface area contributed by atoms with Gasteiger partial charge in [-0.05, 0) is 83.5 Å². The molecule has 0 aromatic heterocycles. The maximum Gasteiger partial charge on any atom is 0.309 e. The molecular formula is C66H109NO8. The van der Waals surface area contributed by atoms with E-state index in [0.29, 0.717) is 23.9 Å². The highest BCUT2D eigenvalue weighted by atomic mass is 16.7. The molecule has 0 saturated heterocycles. The first-order valence-electron chi connectivity index (χ1n) is 29.7. The minimum Gasteiger partial charge on any atom is -0.545 e. The van der Waals surface area contributed by atoms with E-state index in [9.17, 15) is 19.5 Å². The predicted octanol–water partition coefficient (Wildman–Crippen LogP) is 16.3. The van der Waals surface area contributed by atoms with Crippen LogP contribution in [0.2, 0.25) is 0 Å². The van der Waals surface area contributed by atoms with Crippen molar-refractivity contribution < 1.29 is 42.9 Å². The molecule has 0 radical (unpaired) electrons. The highest BCUT2D eigenvalue weighted by molar-refractivity contribution is 5.71. The van der Waals surface area contributed by atoms with Crippen LogP contribution in [0, 0.1) is 0 Å². The van der Waals surface area contributed by atoms with E-state index >= 15 is 0 Å². The average Bonchev–Trinajstić information content (AvgIpc) is 3.38. The van der Waals surface area contributed by atoms with Gasteiger partial charge in [-0.3, -0.25) is 9.59 Å². The fourth-order valence-electron chi connectivity index (χ4n) is 7.75. The van der Waals surface area contributed by atoms with E-state index in [4.69, 9.17) is 18.9 Å². The van der Waals surface area contributed by atoms with Crippen LogP contribution in [0.1, 0.15) is 219 Å². The molecule has 0 bridgehead atoms. The standard InChI is InChI=1S/C66H109NO8/c1-6-8-10-12-14-16-18-20-22-23-24-25-26-27-28-29-30-31-32-33-34-35-36-37-38-39-40-41-43-45-47-49-51-53-55-57-64(69)75-62(61-74-66(65(70)71)72-59-58-67(3,4)5)60-73-63(68)56-54-52-50-48-46-44-42-21-19-17-15-13-11-9-7-2/h8-11,14-17,20-22,24-25,27-28,42,46,48,52,54,62,66H,6-7,12-13,18-19,23,26,29-41,43-45,47,49-51,53,55-61H2,1-5H3/b10-8-,11-9-,16-14-,17-15-,22-20-,25-24-,28-27-,42-21-,48-46-,54-52-. The van der Waals surface area contributed by atoms with Crippen LogP contribution in [0.15, 0.2) is 122 Å².